The molecule has 0 saturated heterocycles. The van der Waals surface area contributed by atoms with Crippen LogP contribution in [0.25, 0.3) is 109 Å². The molecule has 0 atom stereocenters. The van der Waals surface area contributed by atoms with Crippen molar-refractivity contribution < 1.29 is 4.74 Å². The van der Waals surface area contributed by atoms with Gasteiger partial charge in [0.15, 0.2) is 0 Å². The molecule has 0 amide bonds. The molecule has 0 saturated carbocycles. The lowest BCUT2D eigenvalue weighted by molar-refractivity contribution is 0.485. The summed E-state index contributed by atoms with van der Waals surface area (Å²) in [6, 6.07) is 92.6. The molecule has 68 heavy (non-hydrogen) atoms. The monoisotopic (exact) mass is 864 g/mol. The van der Waals surface area contributed by atoms with Crippen LogP contribution in [0.1, 0.15) is 11.1 Å². The topological polar surface area (TPSA) is 9.23 Å². The smallest absolute Gasteiger partial charge is 0.135 e. The molecule has 0 fully saturated rings. The maximum Gasteiger partial charge on any atom is 0.135 e. The zero-order chi connectivity index (χ0) is 45.0. The van der Waals surface area contributed by atoms with Gasteiger partial charge in [-0.25, -0.2) is 0 Å². The fourth-order valence-electron chi connectivity index (χ4n) is 10.5. The van der Waals surface area contributed by atoms with E-state index >= 15 is 0 Å². The Balaban J connectivity index is 0.876. The zero-order valence-corrected chi connectivity index (χ0v) is 37.4. The summed E-state index contributed by atoms with van der Waals surface area (Å²) in [6.07, 6.45) is 0.899. The van der Waals surface area contributed by atoms with Crippen molar-refractivity contribution in [2.24, 2.45) is 0 Å². The second kappa shape index (κ2) is 16.6. The van der Waals surface area contributed by atoms with E-state index in [0.717, 1.165) is 45.7 Å². The van der Waals surface area contributed by atoms with E-state index < -0.39 is 0 Å². The van der Waals surface area contributed by atoms with Crippen molar-refractivity contribution in [3.8, 4) is 56.0 Å². The lowest BCUT2D eigenvalue weighted by atomic mass is 9.89. The van der Waals surface area contributed by atoms with Crippen LogP contribution in [-0.4, -0.2) is 0 Å². The van der Waals surface area contributed by atoms with E-state index in [2.05, 4.69) is 255 Å². The van der Waals surface area contributed by atoms with Crippen LogP contribution in [0.3, 0.4) is 0 Å². The van der Waals surface area contributed by atoms with E-state index in [4.69, 9.17) is 4.74 Å². The van der Waals surface area contributed by atoms with Crippen molar-refractivity contribution in [1.82, 2.24) is 0 Å². The molecule has 13 aromatic rings. The molecule has 0 spiro atoms. The van der Waals surface area contributed by atoms with Crippen LogP contribution in [0.5, 0.6) is 11.5 Å². The van der Waals surface area contributed by atoms with E-state index in [0.29, 0.717) is 0 Å². The molecule has 0 aliphatic heterocycles. The van der Waals surface area contributed by atoms with Crippen molar-refractivity contribution in [3.05, 3.63) is 266 Å². The maximum absolute atomic E-state index is 6.90. The summed E-state index contributed by atoms with van der Waals surface area (Å²) in [7, 11) is 0. The average Bonchev–Trinajstić information content (AvgIpc) is 3.41. The van der Waals surface area contributed by atoms with Crippen LogP contribution in [0.15, 0.2) is 255 Å². The summed E-state index contributed by atoms with van der Waals surface area (Å²) in [6.45, 7) is 0. The highest BCUT2D eigenvalue weighted by Crippen LogP contribution is 2.43. The van der Waals surface area contributed by atoms with Crippen molar-refractivity contribution in [2.75, 3.05) is 0 Å². The average molecular weight is 865 g/mol. The van der Waals surface area contributed by atoms with Gasteiger partial charge in [-0.1, -0.05) is 212 Å². The largest absolute Gasteiger partial charge is 0.457 e. The molecule has 0 aromatic heterocycles. The highest BCUT2D eigenvalue weighted by atomic mass is 16.5. The molecule has 1 nitrogen and oxygen atoms in total. The number of rotatable bonds is 8. The van der Waals surface area contributed by atoms with E-state index in [1.165, 1.54) is 92.5 Å². The second-order valence-electron chi connectivity index (χ2n) is 18.0. The van der Waals surface area contributed by atoms with Crippen LogP contribution in [0, 0.1) is 0 Å². The first-order chi connectivity index (χ1) is 33.7. The summed E-state index contributed by atoms with van der Waals surface area (Å²) >= 11 is 0. The fraction of sp³-hybridized carbons (Fsp3) is 0.0149. The third kappa shape index (κ3) is 7.13. The van der Waals surface area contributed by atoms with Crippen LogP contribution in [0.2, 0.25) is 0 Å². The summed E-state index contributed by atoms with van der Waals surface area (Å²) in [5.74, 6) is 1.61. The van der Waals surface area contributed by atoms with Gasteiger partial charge >= 0.3 is 0 Å². The highest BCUT2D eigenvalue weighted by Gasteiger charge is 2.16. The summed E-state index contributed by atoms with van der Waals surface area (Å²) in [5.41, 5.74) is 11.8. The summed E-state index contributed by atoms with van der Waals surface area (Å²) in [4.78, 5) is 0. The molecule has 0 heterocycles. The third-order valence-corrected chi connectivity index (χ3v) is 13.9. The van der Waals surface area contributed by atoms with Crippen molar-refractivity contribution in [2.45, 2.75) is 6.42 Å². The Kier molecular flexibility index (Phi) is 9.65. The fourth-order valence-corrected chi connectivity index (χ4v) is 10.5. The molecule has 13 aromatic carbocycles. The van der Waals surface area contributed by atoms with Gasteiger partial charge in [0.2, 0.25) is 0 Å². The number of hydrogen-bond donors (Lipinski definition) is 0. The minimum absolute atomic E-state index is 0.793. The summed E-state index contributed by atoms with van der Waals surface area (Å²) < 4.78 is 6.90. The molecule has 13 rings (SSSR count). The van der Waals surface area contributed by atoms with Crippen LogP contribution in [-0.2, 0) is 6.42 Å². The Morgan fingerprint density at radius 3 is 1.57 bits per heavy atom. The Morgan fingerprint density at radius 1 is 0.265 bits per heavy atom. The number of fused-ring (bicyclic) bond motifs is 10. The van der Waals surface area contributed by atoms with Gasteiger partial charge in [-0.15, -0.1) is 0 Å². The van der Waals surface area contributed by atoms with E-state index in [9.17, 15) is 0 Å². The Bertz CT molecular complexity index is 4060. The molecule has 0 aliphatic rings. The predicted molar refractivity (Wildman–Crippen MR) is 289 cm³/mol. The maximum atomic E-state index is 6.90. The molecular formula is C67H44O. The molecule has 0 radical (unpaired) electrons. The van der Waals surface area contributed by atoms with Crippen molar-refractivity contribution >= 4 is 64.6 Å². The van der Waals surface area contributed by atoms with Gasteiger partial charge in [0.1, 0.15) is 11.5 Å². The van der Waals surface area contributed by atoms with Gasteiger partial charge in [0.05, 0.1) is 0 Å². The van der Waals surface area contributed by atoms with E-state index in [1.54, 1.807) is 0 Å². The normalized spacial score (nSPS) is 11.6. The zero-order valence-electron chi connectivity index (χ0n) is 37.4. The van der Waals surface area contributed by atoms with Gasteiger partial charge in [-0.2, -0.15) is 0 Å². The van der Waals surface area contributed by atoms with Crippen molar-refractivity contribution in [1.29, 1.82) is 0 Å². The quantitative estimate of drug-likeness (QED) is 0.138. The first-order valence-corrected chi connectivity index (χ1v) is 23.5. The van der Waals surface area contributed by atoms with Gasteiger partial charge < -0.3 is 4.74 Å². The van der Waals surface area contributed by atoms with E-state index in [1.807, 2.05) is 0 Å². The molecule has 0 unspecified atom stereocenters. The number of ether oxygens (including phenoxy) is 1. The predicted octanol–water partition coefficient (Wildman–Crippen LogP) is 18.7. The standard InChI is InChI=1S/C67H44O/c1-3-12-44(13-4-1)38-54-17-11-18-55-40-51(29-34-58(54)55)53-30-35-59(66(43-53)68-57-32-26-46(27-33-57)45-14-5-2-6-15-45)56-25-24-48-39-49(22-23-50(48)41-56)52-31-37-64-65(42-52)62-21-10-9-20-61(62)63-36-28-47-16-7-8-19-60(47)67(63)64/h1-37,39-43H,38H2. The SMILES string of the molecule is c1ccc(Cc2cccc3cc(-c4ccc(-c5ccc6cc(-c7ccc8c(c7)c7ccccc7c7ccc9ccccc9c78)ccc6c5)c(Oc5ccc(-c6ccccc6)cc5)c4)ccc23)cc1. The highest BCUT2D eigenvalue weighted by molar-refractivity contribution is 6.31. The molecule has 318 valence electrons. The molecule has 1 heteroatoms. The minimum Gasteiger partial charge on any atom is -0.457 e. The van der Waals surface area contributed by atoms with Crippen LogP contribution < -0.4 is 4.74 Å². The van der Waals surface area contributed by atoms with Gasteiger partial charge in [-0.05, 0) is 164 Å². The van der Waals surface area contributed by atoms with Crippen LogP contribution in [0.4, 0.5) is 0 Å². The summed E-state index contributed by atoms with van der Waals surface area (Å²) in [5, 5.41) is 15.2. The number of benzene rings is 13. The first-order valence-electron chi connectivity index (χ1n) is 23.5. The Hall–Kier alpha value is -8.78. The van der Waals surface area contributed by atoms with Gasteiger partial charge in [-0.3, -0.25) is 0 Å². The van der Waals surface area contributed by atoms with Gasteiger partial charge in [0, 0.05) is 5.56 Å². The van der Waals surface area contributed by atoms with Crippen LogP contribution >= 0.6 is 0 Å². The molecular weight excluding hydrogens is 821 g/mol. The lowest BCUT2D eigenvalue weighted by Crippen LogP contribution is -1.92. The van der Waals surface area contributed by atoms with E-state index in [-0.39, 0.29) is 0 Å². The Labute approximate surface area is 395 Å². The number of hydrogen-bond acceptors (Lipinski definition) is 1. The minimum atomic E-state index is 0.793. The Morgan fingerprint density at radius 2 is 0.779 bits per heavy atom. The first kappa shape index (κ1) is 39.6. The third-order valence-electron chi connectivity index (χ3n) is 13.9. The van der Waals surface area contributed by atoms with Crippen molar-refractivity contribution in [3.63, 3.8) is 0 Å². The lowest BCUT2D eigenvalue weighted by Gasteiger charge is -2.16. The molecule has 0 bridgehead atoms. The second-order valence-corrected chi connectivity index (χ2v) is 18.0. The molecule has 0 aliphatic carbocycles. The van der Waals surface area contributed by atoms with Gasteiger partial charge in [0.25, 0.3) is 0 Å². The molecule has 0 N–H and O–H groups in total.